The van der Waals surface area contributed by atoms with E-state index >= 15 is 0 Å². The minimum atomic E-state index is -0.230. The van der Waals surface area contributed by atoms with Gasteiger partial charge in [0, 0.05) is 38.3 Å². The number of imidazole rings is 1. The van der Waals surface area contributed by atoms with Crippen molar-refractivity contribution in [2.45, 2.75) is 19.9 Å². The Hall–Kier alpha value is -1.88. The van der Waals surface area contributed by atoms with Crippen LogP contribution in [-0.4, -0.2) is 23.3 Å². The number of hydrogen-bond acceptors (Lipinski definition) is 3. The van der Waals surface area contributed by atoms with Crippen molar-refractivity contribution >= 4 is 11.6 Å². The second-order valence-electron chi connectivity index (χ2n) is 4.37. The molecule has 1 aromatic carbocycles. The number of rotatable bonds is 6. The van der Waals surface area contributed by atoms with Crippen LogP contribution in [0, 0.1) is 12.7 Å². The maximum atomic E-state index is 13.0. The summed E-state index contributed by atoms with van der Waals surface area (Å²) < 4.78 is 20.1. The van der Waals surface area contributed by atoms with Gasteiger partial charge in [-0.15, -0.1) is 0 Å². The highest BCUT2D eigenvalue weighted by Crippen LogP contribution is 2.20. The van der Waals surface area contributed by atoms with Crippen molar-refractivity contribution in [2.75, 3.05) is 19.0 Å². The number of aromatic nitrogens is 2. The molecule has 0 fully saturated rings. The Balaban J connectivity index is 2.08. The van der Waals surface area contributed by atoms with Gasteiger partial charge in [0.15, 0.2) is 0 Å². The number of halogens is 1. The van der Waals surface area contributed by atoms with Crippen LogP contribution in [0.2, 0.25) is 0 Å². The zero-order chi connectivity index (χ0) is 13.7. The fraction of sp³-hybridized carbons (Fsp3) is 0.357. The number of nitrogens with zero attached hydrogens (tertiary/aromatic N) is 2. The van der Waals surface area contributed by atoms with E-state index in [0.29, 0.717) is 6.61 Å². The monoisotopic (exact) mass is 263 g/mol. The standard InChI is InChI=1S/C14H18FN3O/c1-11-10-12(15)4-5-13(11)17-14-16-6-8-18(14)7-3-9-19-2/h4-6,8,10H,3,7,9H2,1-2H3,(H,16,17). The number of benzene rings is 1. The predicted molar refractivity (Wildman–Crippen MR) is 73.1 cm³/mol. The van der Waals surface area contributed by atoms with Crippen molar-refractivity contribution in [2.24, 2.45) is 0 Å². The fourth-order valence-electron chi connectivity index (χ4n) is 1.88. The molecule has 5 heteroatoms. The minimum Gasteiger partial charge on any atom is -0.385 e. The third-order valence-corrected chi connectivity index (χ3v) is 2.90. The topological polar surface area (TPSA) is 39.1 Å². The van der Waals surface area contributed by atoms with Crippen molar-refractivity contribution in [1.82, 2.24) is 9.55 Å². The molecule has 2 aromatic rings. The van der Waals surface area contributed by atoms with Crippen LogP contribution in [0.4, 0.5) is 16.0 Å². The number of anilines is 2. The van der Waals surface area contributed by atoms with Gasteiger partial charge in [0.05, 0.1) is 0 Å². The van der Waals surface area contributed by atoms with Crippen molar-refractivity contribution in [3.63, 3.8) is 0 Å². The Labute approximate surface area is 112 Å². The molecule has 0 spiro atoms. The largest absolute Gasteiger partial charge is 0.385 e. The van der Waals surface area contributed by atoms with Crippen LogP contribution in [-0.2, 0) is 11.3 Å². The first-order chi connectivity index (χ1) is 9.20. The van der Waals surface area contributed by atoms with Crippen LogP contribution in [0.1, 0.15) is 12.0 Å². The molecule has 19 heavy (non-hydrogen) atoms. The van der Waals surface area contributed by atoms with Crippen LogP contribution in [0.5, 0.6) is 0 Å². The second kappa shape index (κ2) is 6.33. The van der Waals surface area contributed by atoms with Gasteiger partial charge in [0.2, 0.25) is 5.95 Å². The van der Waals surface area contributed by atoms with Gasteiger partial charge in [-0.1, -0.05) is 0 Å². The molecule has 1 N–H and O–H groups in total. The lowest BCUT2D eigenvalue weighted by Gasteiger charge is -2.11. The summed E-state index contributed by atoms with van der Waals surface area (Å²) in [5.74, 6) is 0.525. The highest BCUT2D eigenvalue weighted by molar-refractivity contribution is 5.58. The van der Waals surface area contributed by atoms with Gasteiger partial charge in [0.1, 0.15) is 5.82 Å². The van der Waals surface area contributed by atoms with Gasteiger partial charge in [-0.3, -0.25) is 0 Å². The summed E-state index contributed by atoms with van der Waals surface area (Å²) in [7, 11) is 1.69. The molecule has 0 aliphatic heterocycles. The van der Waals surface area contributed by atoms with E-state index in [9.17, 15) is 4.39 Å². The lowest BCUT2D eigenvalue weighted by Crippen LogP contribution is -2.06. The molecular weight excluding hydrogens is 245 g/mol. The van der Waals surface area contributed by atoms with Crippen molar-refractivity contribution in [1.29, 1.82) is 0 Å². The zero-order valence-corrected chi connectivity index (χ0v) is 11.2. The fourth-order valence-corrected chi connectivity index (χ4v) is 1.88. The first kappa shape index (κ1) is 13.5. The summed E-state index contributed by atoms with van der Waals surface area (Å²) >= 11 is 0. The van der Waals surface area contributed by atoms with Crippen LogP contribution in [0.3, 0.4) is 0 Å². The number of aryl methyl sites for hydroxylation is 2. The first-order valence-corrected chi connectivity index (χ1v) is 6.24. The Kier molecular flexibility index (Phi) is 4.52. The van der Waals surface area contributed by atoms with Gasteiger partial charge in [-0.05, 0) is 37.1 Å². The van der Waals surface area contributed by atoms with Gasteiger partial charge in [-0.25, -0.2) is 9.37 Å². The Morgan fingerprint density at radius 1 is 1.42 bits per heavy atom. The van der Waals surface area contributed by atoms with Crippen LogP contribution >= 0.6 is 0 Å². The molecule has 0 atom stereocenters. The lowest BCUT2D eigenvalue weighted by atomic mass is 10.2. The second-order valence-corrected chi connectivity index (χ2v) is 4.37. The van der Waals surface area contributed by atoms with Gasteiger partial charge in [-0.2, -0.15) is 0 Å². The smallest absolute Gasteiger partial charge is 0.207 e. The number of ether oxygens (including phenoxy) is 1. The molecule has 1 aromatic heterocycles. The normalized spacial score (nSPS) is 10.7. The maximum absolute atomic E-state index is 13.0. The van der Waals surface area contributed by atoms with Crippen molar-refractivity contribution in [3.05, 3.63) is 42.0 Å². The predicted octanol–water partition coefficient (Wildman–Crippen LogP) is 3.11. The molecule has 102 valence electrons. The van der Waals surface area contributed by atoms with Crippen LogP contribution in [0.25, 0.3) is 0 Å². The number of hydrogen-bond donors (Lipinski definition) is 1. The minimum absolute atomic E-state index is 0.230. The van der Waals surface area contributed by atoms with Crippen molar-refractivity contribution in [3.8, 4) is 0 Å². The van der Waals surface area contributed by atoms with Gasteiger partial charge >= 0.3 is 0 Å². The molecule has 0 saturated heterocycles. The van der Waals surface area contributed by atoms with E-state index in [1.165, 1.54) is 12.1 Å². The molecular formula is C14H18FN3O. The summed E-state index contributed by atoms with van der Waals surface area (Å²) in [6.45, 7) is 3.41. The molecule has 4 nitrogen and oxygen atoms in total. The van der Waals surface area contributed by atoms with E-state index in [1.807, 2.05) is 17.7 Å². The van der Waals surface area contributed by atoms with E-state index in [1.54, 1.807) is 19.4 Å². The molecule has 2 rings (SSSR count). The highest BCUT2D eigenvalue weighted by Gasteiger charge is 2.05. The average molecular weight is 263 g/mol. The van der Waals surface area contributed by atoms with E-state index in [-0.39, 0.29) is 5.82 Å². The Morgan fingerprint density at radius 3 is 3.00 bits per heavy atom. The third kappa shape index (κ3) is 3.54. The van der Waals surface area contributed by atoms with Gasteiger partial charge in [0.25, 0.3) is 0 Å². The SMILES string of the molecule is COCCCn1ccnc1Nc1ccc(F)cc1C. The highest BCUT2D eigenvalue weighted by atomic mass is 19.1. The maximum Gasteiger partial charge on any atom is 0.207 e. The summed E-state index contributed by atoms with van der Waals surface area (Å²) in [4.78, 5) is 4.27. The summed E-state index contributed by atoms with van der Waals surface area (Å²) in [6, 6.07) is 4.66. The van der Waals surface area contributed by atoms with E-state index < -0.39 is 0 Å². The number of nitrogens with one attached hydrogen (secondary N) is 1. The van der Waals surface area contributed by atoms with Crippen molar-refractivity contribution < 1.29 is 9.13 Å². The molecule has 0 aliphatic carbocycles. The average Bonchev–Trinajstić information content (AvgIpc) is 2.81. The molecule has 0 unspecified atom stereocenters. The zero-order valence-electron chi connectivity index (χ0n) is 11.2. The van der Waals surface area contributed by atoms with Gasteiger partial charge < -0.3 is 14.6 Å². The lowest BCUT2D eigenvalue weighted by molar-refractivity contribution is 0.190. The van der Waals surface area contributed by atoms with Crippen LogP contribution < -0.4 is 5.32 Å². The Morgan fingerprint density at radius 2 is 2.26 bits per heavy atom. The first-order valence-electron chi connectivity index (χ1n) is 6.24. The molecule has 0 radical (unpaired) electrons. The molecule has 0 bridgehead atoms. The summed E-state index contributed by atoms with van der Waals surface area (Å²) in [5, 5.41) is 3.22. The van der Waals surface area contributed by atoms with E-state index in [2.05, 4.69) is 10.3 Å². The van der Waals surface area contributed by atoms with Crippen LogP contribution in [0.15, 0.2) is 30.6 Å². The Bertz CT molecular complexity index is 539. The summed E-state index contributed by atoms with van der Waals surface area (Å²) in [5.41, 5.74) is 1.71. The third-order valence-electron chi connectivity index (χ3n) is 2.90. The molecule has 1 heterocycles. The van der Waals surface area contributed by atoms with E-state index in [0.717, 1.165) is 30.2 Å². The molecule has 0 aliphatic rings. The summed E-state index contributed by atoms with van der Waals surface area (Å²) in [6.07, 6.45) is 4.58. The molecule has 0 amide bonds. The molecule has 0 saturated carbocycles. The quantitative estimate of drug-likeness (QED) is 0.814. The number of methoxy groups -OCH3 is 1. The van der Waals surface area contributed by atoms with E-state index in [4.69, 9.17) is 4.74 Å².